The molecular weight excluding hydrogens is 346 g/mol. The van der Waals surface area contributed by atoms with E-state index in [1.54, 1.807) is 4.90 Å². The summed E-state index contributed by atoms with van der Waals surface area (Å²) < 4.78 is 12.4. The van der Waals surface area contributed by atoms with Crippen LogP contribution in [0.15, 0.2) is 28.7 Å². The molecule has 1 fully saturated rings. The average Bonchev–Trinajstić information content (AvgIpc) is 2.45. The molecule has 0 radical (unpaired) electrons. The standard InChI is InChI=1S/C17H24BrNO3/c1-17(2,3)22-16(20)19-10-4-5-15(11-19)21-12-13-6-8-14(18)9-7-13/h6-9,15H,4-5,10-12H2,1-3H3/t15-/m1/s1. The molecule has 1 atom stereocenters. The number of rotatable bonds is 3. The van der Waals surface area contributed by atoms with Crippen molar-refractivity contribution in [3.05, 3.63) is 34.3 Å². The molecule has 0 aliphatic carbocycles. The van der Waals surface area contributed by atoms with E-state index in [4.69, 9.17) is 9.47 Å². The summed E-state index contributed by atoms with van der Waals surface area (Å²) in [5.74, 6) is 0. The zero-order valence-electron chi connectivity index (χ0n) is 13.5. The Bertz CT molecular complexity index is 496. The molecule has 1 aliphatic heterocycles. The third-order valence-electron chi connectivity index (χ3n) is 3.43. The fourth-order valence-electron chi connectivity index (χ4n) is 2.36. The molecule has 0 spiro atoms. The van der Waals surface area contributed by atoms with Crippen LogP contribution in [-0.2, 0) is 16.1 Å². The fraction of sp³-hybridized carbons (Fsp3) is 0.588. The smallest absolute Gasteiger partial charge is 0.410 e. The van der Waals surface area contributed by atoms with E-state index in [9.17, 15) is 4.79 Å². The maximum atomic E-state index is 12.1. The van der Waals surface area contributed by atoms with Gasteiger partial charge in [-0.15, -0.1) is 0 Å². The van der Waals surface area contributed by atoms with Crippen molar-refractivity contribution in [1.29, 1.82) is 0 Å². The number of carbonyl (C=O) groups excluding carboxylic acids is 1. The summed E-state index contributed by atoms with van der Waals surface area (Å²) in [4.78, 5) is 13.9. The van der Waals surface area contributed by atoms with E-state index in [0.29, 0.717) is 13.2 Å². The molecule has 1 heterocycles. The van der Waals surface area contributed by atoms with E-state index in [2.05, 4.69) is 15.9 Å². The molecule has 0 saturated carbocycles. The van der Waals surface area contributed by atoms with Crippen molar-refractivity contribution in [2.45, 2.75) is 51.9 Å². The minimum Gasteiger partial charge on any atom is -0.444 e. The van der Waals surface area contributed by atoms with Crippen LogP contribution in [0.5, 0.6) is 0 Å². The zero-order chi connectivity index (χ0) is 16.2. The van der Waals surface area contributed by atoms with Crippen LogP contribution < -0.4 is 0 Å². The van der Waals surface area contributed by atoms with Gasteiger partial charge >= 0.3 is 6.09 Å². The molecule has 122 valence electrons. The van der Waals surface area contributed by atoms with Crippen molar-refractivity contribution in [2.75, 3.05) is 13.1 Å². The van der Waals surface area contributed by atoms with Gasteiger partial charge < -0.3 is 14.4 Å². The number of piperidine rings is 1. The molecule has 0 N–H and O–H groups in total. The predicted octanol–water partition coefficient (Wildman–Crippen LogP) is 4.37. The highest BCUT2D eigenvalue weighted by molar-refractivity contribution is 9.10. The number of nitrogens with zero attached hydrogens (tertiary/aromatic N) is 1. The second kappa shape index (κ2) is 7.47. The van der Waals surface area contributed by atoms with Crippen LogP contribution in [0.4, 0.5) is 4.79 Å². The van der Waals surface area contributed by atoms with Gasteiger partial charge in [-0.1, -0.05) is 28.1 Å². The van der Waals surface area contributed by atoms with Gasteiger partial charge in [-0.05, 0) is 51.3 Å². The zero-order valence-corrected chi connectivity index (χ0v) is 15.1. The minimum absolute atomic E-state index is 0.0740. The summed E-state index contributed by atoms with van der Waals surface area (Å²) in [6.07, 6.45) is 1.76. The maximum absolute atomic E-state index is 12.1. The second-order valence-electron chi connectivity index (χ2n) is 6.63. The molecule has 0 bridgehead atoms. The highest BCUT2D eigenvalue weighted by Crippen LogP contribution is 2.19. The van der Waals surface area contributed by atoms with Crippen LogP contribution >= 0.6 is 15.9 Å². The van der Waals surface area contributed by atoms with E-state index < -0.39 is 5.60 Å². The Morgan fingerprint density at radius 2 is 2.00 bits per heavy atom. The summed E-state index contributed by atoms with van der Waals surface area (Å²) in [6.45, 7) is 7.57. The van der Waals surface area contributed by atoms with Crippen molar-refractivity contribution in [3.63, 3.8) is 0 Å². The van der Waals surface area contributed by atoms with Gasteiger partial charge in [0, 0.05) is 11.0 Å². The van der Waals surface area contributed by atoms with E-state index >= 15 is 0 Å². The molecular formula is C17H24BrNO3. The monoisotopic (exact) mass is 369 g/mol. The SMILES string of the molecule is CC(C)(C)OC(=O)N1CCC[C@@H](OCc2ccc(Br)cc2)C1. The van der Waals surface area contributed by atoms with E-state index in [0.717, 1.165) is 29.4 Å². The Kier molecular flexibility index (Phi) is 5.87. The number of likely N-dealkylation sites (tertiary alicyclic amines) is 1. The first-order chi connectivity index (χ1) is 10.3. The molecule has 0 unspecified atom stereocenters. The Balaban J connectivity index is 1.82. The molecule has 22 heavy (non-hydrogen) atoms. The van der Waals surface area contributed by atoms with Crippen LogP contribution in [0.1, 0.15) is 39.2 Å². The van der Waals surface area contributed by atoms with Crippen LogP contribution in [0.3, 0.4) is 0 Å². The van der Waals surface area contributed by atoms with E-state index in [1.807, 2.05) is 45.0 Å². The Hall–Kier alpha value is -1.07. The number of hydrogen-bond donors (Lipinski definition) is 0. The van der Waals surface area contributed by atoms with Crippen LogP contribution in [-0.4, -0.2) is 35.8 Å². The van der Waals surface area contributed by atoms with Gasteiger partial charge in [0.2, 0.25) is 0 Å². The summed E-state index contributed by atoms with van der Waals surface area (Å²) in [5.41, 5.74) is 0.681. The first-order valence-corrected chi connectivity index (χ1v) is 8.47. The van der Waals surface area contributed by atoms with Gasteiger partial charge in [0.1, 0.15) is 5.60 Å². The number of carbonyl (C=O) groups is 1. The summed E-state index contributed by atoms with van der Waals surface area (Å²) in [7, 11) is 0. The lowest BCUT2D eigenvalue weighted by Crippen LogP contribution is -2.45. The Morgan fingerprint density at radius 1 is 1.32 bits per heavy atom. The van der Waals surface area contributed by atoms with Crippen molar-refractivity contribution >= 4 is 22.0 Å². The third-order valence-corrected chi connectivity index (χ3v) is 3.96. The molecule has 1 amide bonds. The van der Waals surface area contributed by atoms with E-state index in [1.165, 1.54) is 0 Å². The average molecular weight is 370 g/mol. The van der Waals surface area contributed by atoms with Crippen molar-refractivity contribution < 1.29 is 14.3 Å². The normalized spacial score (nSPS) is 19.1. The lowest BCUT2D eigenvalue weighted by molar-refractivity contribution is -0.0258. The van der Waals surface area contributed by atoms with Gasteiger partial charge in [-0.25, -0.2) is 4.79 Å². The lowest BCUT2D eigenvalue weighted by atomic mass is 10.1. The maximum Gasteiger partial charge on any atom is 0.410 e. The second-order valence-corrected chi connectivity index (χ2v) is 7.54. The first kappa shape index (κ1) is 17.3. The number of hydrogen-bond acceptors (Lipinski definition) is 3. The highest BCUT2D eigenvalue weighted by Gasteiger charge is 2.27. The van der Waals surface area contributed by atoms with Gasteiger partial charge in [0.05, 0.1) is 19.3 Å². The van der Waals surface area contributed by atoms with Crippen LogP contribution in [0.2, 0.25) is 0 Å². The van der Waals surface area contributed by atoms with Gasteiger partial charge in [-0.2, -0.15) is 0 Å². The Morgan fingerprint density at radius 3 is 2.64 bits per heavy atom. The largest absolute Gasteiger partial charge is 0.444 e. The molecule has 5 heteroatoms. The molecule has 1 aromatic carbocycles. The number of benzene rings is 1. The summed E-state index contributed by atoms with van der Waals surface area (Å²) in [6, 6.07) is 8.09. The van der Waals surface area contributed by atoms with Gasteiger partial charge in [-0.3, -0.25) is 0 Å². The van der Waals surface area contributed by atoms with E-state index in [-0.39, 0.29) is 12.2 Å². The topological polar surface area (TPSA) is 38.8 Å². The van der Waals surface area contributed by atoms with Crippen LogP contribution in [0.25, 0.3) is 0 Å². The quantitative estimate of drug-likeness (QED) is 0.793. The third kappa shape index (κ3) is 5.61. The minimum atomic E-state index is -0.456. The molecule has 0 aromatic heterocycles. The number of halogens is 1. The predicted molar refractivity (Wildman–Crippen MR) is 89.8 cm³/mol. The molecule has 1 aromatic rings. The highest BCUT2D eigenvalue weighted by atomic mass is 79.9. The molecule has 2 rings (SSSR count). The first-order valence-electron chi connectivity index (χ1n) is 7.67. The van der Waals surface area contributed by atoms with Crippen molar-refractivity contribution in [1.82, 2.24) is 4.90 Å². The van der Waals surface area contributed by atoms with Crippen molar-refractivity contribution in [3.8, 4) is 0 Å². The van der Waals surface area contributed by atoms with Crippen molar-refractivity contribution in [2.24, 2.45) is 0 Å². The molecule has 1 aliphatic rings. The molecule has 4 nitrogen and oxygen atoms in total. The number of ether oxygens (including phenoxy) is 2. The molecule has 1 saturated heterocycles. The van der Waals surface area contributed by atoms with Gasteiger partial charge in [0.15, 0.2) is 0 Å². The Labute approximate surface area is 140 Å². The lowest BCUT2D eigenvalue weighted by Gasteiger charge is -2.34. The van der Waals surface area contributed by atoms with Crippen LogP contribution in [0, 0.1) is 0 Å². The summed E-state index contributed by atoms with van der Waals surface area (Å²) in [5, 5.41) is 0. The van der Waals surface area contributed by atoms with Gasteiger partial charge in [0.25, 0.3) is 0 Å². The fourth-order valence-corrected chi connectivity index (χ4v) is 2.63. The summed E-state index contributed by atoms with van der Waals surface area (Å²) >= 11 is 3.42. The number of amides is 1.